The fraction of sp³-hybridized carbons (Fsp3) is 0.333. The molecule has 2 aromatic rings. The zero-order valence-corrected chi connectivity index (χ0v) is 12.5. The van der Waals surface area contributed by atoms with Gasteiger partial charge in [-0.05, 0) is 23.6 Å². The Balaban J connectivity index is 1.59. The predicted molar refractivity (Wildman–Crippen MR) is 84.3 cm³/mol. The Labute approximate surface area is 128 Å². The molecule has 2 N–H and O–H groups in total. The van der Waals surface area contributed by atoms with E-state index in [1.54, 1.807) is 6.20 Å². The minimum atomic E-state index is -0.536. The molecule has 1 atom stereocenters. The van der Waals surface area contributed by atoms with E-state index in [4.69, 9.17) is 5.73 Å². The number of anilines is 1. The molecule has 1 fully saturated rings. The Morgan fingerprint density at radius 3 is 2.62 bits per heavy atom. The van der Waals surface area contributed by atoms with Crippen LogP contribution in [0.2, 0.25) is 0 Å². The zero-order chi connectivity index (χ0) is 14.7. The third kappa shape index (κ3) is 3.06. The molecule has 1 aliphatic heterocycles. The third-order valence-corrected chi connectivity index (χ3v) is 4.64. The molecule has 110 valence electrons. The average molecular weight is 302 g/mol. The highest BCUT2D eigenvalue weighted by Gasteiger charge is 2.26. The maximum atomic E-state index is 12.4. The van der Waals surface area contributed by atoms with E-state index in [1.165, 1.54) is 11.3 Å². The molecule has 0 radical (unpaired) electrons. The molecule has 1 unspecified atom stereocenters. The zero-order valence-electron chi connectivity index (χ0n) is 11.7. The highest BCUT2D eigenvalue weighted by Crippen LogP contribution is 2.20. The molecule has 0 aromatic carbocycles. The molecule has 0 spiro atoms. The molecule has 5 nitrogen and oxygen atoms in total. The second kappa shape index (κ2) is 6.24. The fourth-order valence-corrected chi connectivity index (χ4v) is 3.20. The van der Waals surface area contributed by atoms with E-state index >= 15 is 0 Å². The highest BCUT2D eigenvalue weighted by molar-refractivity contribution is 7.10. The monoisotopic (exact) mass is 302 g/mol. The van der Waals surface area contributed by atoms with Gasteiger partial charge in [-0.2, -0.15) is 0 Å². The molecule has 3 heterocycles. The Morgan fingerprint density at radius 1 is 1.19 bits per heavy atom. The van der Waals surface area contributed by atoms with Gasteiger partial charge in [0.05, 0.1) is 0 Å². The van der Waals surface area contributed by atoms with Gasteiger partial charge in [0.1, 0.15) is 11.9 Å². The van der Waals surface area contributed by atoms with Crippen molar-refractivity contribution in [3.63, 3.8) is 0 Å². The van der Waals surface area contributed by atoms with Crippen LogP contribution in [-0.2, 0) is 4.79 Å². The largest absolute Gasteiger partial charge is 0.353 e. The number of amides is 1. The van der Waals surface area contributed by atoms with Crippen molar-refractivity contribution < 1.29 is 4.79 Å². The first-order valence-electron chi connectivity index (χ1n) is 6.99. The molecule has 2 aromatic heterocycles. The van der Waals surface area contributed by atoms with E-state index in [0.717, 1.165) is 23.8 Å². The lowest BCUT2D eigenvalue weighted by atomic mass is 10.2. The molecule has 0 saturated carbocycles. The normalized spacial score (nSPS) is 16.8. The van der Waals surface area contributed by atoms with E-state index < -0.39 is 6.04 Å². The maximum absolute atomic E-state index is 12.4. The van der Waals surface area contributed by atoms with Gasteiger partial charge < -0.3 is 15.5 Å². The Hall–Kier alpha value is -1.92. The van der Waals surface area contributed by atoms with Crippen LogP contribution >= 0.6 is 11.3 Å². The first-order valence-corrected chi connectivity index (χ1v) is 7.87. The van der Waals surface area contributed by atoms with Crippen LogP contribution < -0.4 is 10.6 Å². The summed E-state index contributed by atoms with van der Waals surface area (Å²) < 4.78 is 0. The number of hydrogen-bond donors (Lipinski definition) is 1. The number of nitrogens with two attached hydrogens (primary N) is 1. The van der Waals surface area contributed by atoms with Crippen molar-refractivity contribution in [2.24, 2.45) is 5.73 Å². The molecular formula is C15H18N4OS. The number of rotatable bonds is 3. The molecule has 21 heavy (non-hydrogen) atoms. The minimum absolute atomic E-state index is 0.0121. The van der Waals surface area contributed by atoms with Gasteiger partial charge in [0, 0.05) is 37.3 Å². The Kier molecular flexibility index (Phi) is 4.17. The summed E-state index contributed by atoms with van der Waals surface area (Å²) in [6.45, 7) is 2.96. The molecule has 1 aliphatic rings. The summed E-state index contributed by atoms with van der Waals surface area (Å²) >= 11 is 1.53. The summed E-state index contributed by atoms with van der Waals surface area (Å²) in [6, 6.07) is 9.18. The van der Waals surface area contributed by atoms with Gasteiger partial charge in [-0.1, -0.05) is 12.1 Å². The summed E-state index contributed by atoms with van der Waals surface area (Å²) in [7, 11) is 0. The second-order valence-electron chi connectivity index (χ2n) is 4.99. The number of nitrogens with zero attached hydrogens (tertiary/aromatic N) is 3. The fourth-order valence-electron chi connectivity index (χ4n) is 2.48. The SMILES string of the molecule is NC(C(=O)N1CCN(c2ccccn2)CC1)c1cccs1. The number of pyridine rings is 1. The van der Waals surface area contributed by atoms with Gasteiger partial charge in [-0.25, -0.2) is 4.98 Å². The van der Waals surface area contributed by atoms with Crippen molar-refractivity contribution in [3.05, 3.63) is 46.8 Å². The molecule has 6 heteroatoms. The van der Waals surface area contributed by atoms with Crippen molar-refractivity contribution in [1.82, 2.24) is 9.88 Å². The summed E-state index contributed by atoms with van der Waals surface area (Å²) in [5.74, 6) is 0.977. The van der Waals surface area contributed by atoms with E-state index in [-0.39, 0.29) is 5.91 Å². The van der Waals surface area contributed by atoms with Crippen molar-refractivity contribution in [3.8, 4) is 0 Å². The maximum Gasteiger partial charge on any atom is 0.245 e. The lowest BCUT2D eigenvalue weighted by Crippen LogP contribution is -2.51. The van der Waals surface area contributed by atoms with Gasteiger partial charge >= 0.3 is 0 Å². The minimum Gasteiger partial charge on any atom is -0.353 e. The van der Waals surface area contributed by atoms with Crippen LogP contribution in [0.15, 0.2) is 41.9 Å². The van der Waals surface area contributed by atoms with E-state index in [2.05, 4.69) is 9.88 Å². The lowest BCUT2D eigenvalue weighted by molar-refractivity contribution is -0.133. The van der Waals surface area contributed by atoms with Crippen LogP contribution in [0, 0.1) is 0 Å². The average Bonchev–Trinajstić information content (AvgIpc) is 3.09. The summed E-state index contributed by atoms with van der Waals surface area (Å²) in [4.78, 5) is 21.7. The highest BCUT2D eigenvalue weighted by atomic mass is 32.1. The molecule has 1 amide bonds. The van der Waals surface area contributed by atoms with Crippen molar-refractivity contribution in [1.29, 1.82) is 0 Å². The lowest BCUT2D eigenvalue weighted by Gasteiger charge is -2.36. The van der Waals surface area contributed by atoms with Gasteiger partial charge in [-0.15, -0.1) is 11.3 Å². The van der Waals surface area contributed by atoms with Gasteiger partial charge in [0.25, 0.3) is 0 Å². The van der Waals surface area contributed by atoms with Crippen LogP contribution in [0.3, 0.4) is 0 Å². The van der Waals surface area contributed by atoms with Crippen molar-refractivity contribution in [2.75, 3.05) is 31.1 Å². The van der Waals surface area contributed by atoms with Crippen molar-refractivity contribution in [2.45, 2.75) is 6.04 Å². The first kappa shape index (κ1) is 14.0. The molecule has 0 bridgehead atoms. The van der Waals surface area contributed by atoms with E-state index in [0.29, 0.717) is 13.1 Å². The number of thiophene rings is 1. The Morgan fingerprint density at radius 2 is 2.00 bits per heavy atom. The second-order valence-corrected chi connectivity index (χ2v) is 5.97. The van der Waals surface area contributed by atoms with E-state index in [9.17, 15) is 4.79 Å². The quantitative estimate of drug-likeness (QED) is 0.933. The predicted octanol–water partition coefficient (Wildman–Crippen LogP) is 1.49. The molecule has 1 saturated heterocycles. The van der Waals surface area contributed by atoms with Gasteiger partial charge in [0.15, 0.2) is 0 Å². The number of piperazine rings is 1. The molecular weight excluding hydrogens is 284 g/mol. The van der Waals surface area contributed by atoms with Crippen LogP contribution in [0.5, 0.6) is 0 Å². The standard InChI is InChI=1S/C15H18N4OS/c16-14(12-4-3-11-21-12)15(20)19-9-7-18(8-10-19)13-5-1-2-6-17-13/h1-6,11,14H,7-10,16H2. The number of carbonyl (C=O) groups excluding carboxylic acids is 1. The number of aromatic nitrogens is 1. The van der Waals surface area contributed by atoms with Gasteiger partial charge in [0.2, 0.25) is 5.91 Å². The van der Waals surface area contributed by atoms with Crippen LogP contribution in [-0.4, -0.2) is 42.0 Å². The smallest absolute Gasteiger partial charge is 0.245 e. The molecule has 0 aliphatic carbocycles. The summed E-state index contributed by atoms with van der Waals surface area (Å²) in [5, 5.41) is 1.95. The molecule has 3 rings (SSSR count). The first-order chi connectivity index (χ1) is 10.3. The van der Waals surface area contributed by atoms with Crippen LogP contribution in [0.4, 0.5) is 5.82 Å². The van der Waals surface area contributed by atoms with Crippen molar-refractivity contribution >= 4 is 23.1 Å². The topological polar surface area (TPSA) is 62.5 Å². The van der Waals surface area contributed by atoms with E-state index in [1.807, 2.05) is 40.6 Å². The number of carbonyl (C=O) groups is 1. The summed E-state index contributed by atoms with van der Waals surface area (Å²) in [6.07, 6.45) is 1.79. The summed E-state index contributed by atoms with van der Waals surface area (Å²) in [5.41, 5.74) is 6.05. The van der Waals surface area contributed by atoms with Gasteiger partial charge in [-0.3, -0.25) is 4.79 Å². The Bertz CT molecular complexity index is 579. The third-order valence-electron chi connectivity index (χ3n) is 3.68. The van der Waals surface area contributed by atoms with Crippen LogP contribution in [0.25, 0.3) is 0 Å². The number of hydrogen-bond acceptors (Lipinski definition) is 5. The van der Waals surface area contributed by atoms with Crippen LogP contribution in [0.1, 0.15) is 10.9 Å².